The van der Waals surface area contributed by atoms with Crippen LogP contribution in [0.3, 0.4) is 0 Å². The Kier molecular flexibility index (Phi) is 6.19. The summed E-state index contributed by atoms with van der Waals surface area (Å²) in [5, 5.41) is 3.40. The van der Waals surface area contributed by atoms with Crippen LogP contribution in [0.25, 0.3) is 0 Å². The third-order valence-corrected chi connectivity index (χ3v) is 2.81. The average Bonchev–Trinajstić information content (AvgIpc) is 2.28. The first-order valence-electron chi connectivity index (χ1n) is 5.42. The molecule has 1 aromatic rings. The van der Waals surface area contributed by atoms with E-state index in [1.54, 1.807) is 0 Å². The van der Waals surface area contributed by atoms with Crippen LogP contribution in [0, 0.1) is 0 Å². The minimum absolute atomic E-state index is 0.453. The fourth-order valence-corrected chi connectivity index (χ4v) is 1.76. The van der Waals surface area contributed by atoms with Crippen molar-refractivity contribution in [1.29, 1.82) is 0 Å². The largest absolute Gasteiger partial charge is 0.500 e. The van der Waals surface area contributed by atoms with Gasteiger partial charge in [0.05, 0.1) is 12.9 Å². The van der Waals surface area contributed by atoms with E-state index in [9.17, 15) is 0 Å². The van der Waals surface area contributed by atoms with Crippen molar-refractivity contribution in [2.75, 3.05) is 13.2 Å². The van der Waals surface area contributed by atoms with E-state index in [1.807, 2.05) is 0 Å². The average molecular weight is 284 g/mol. The van der Waals surface area contributed by atoms with E-state index in [0.717, 1.165) is 17.4 Å². The molecular formula is C13H18BrNO. The Morgan fingerprint density at radius 3 is 2.75 bits per heavy atom. The lowest BCUT2D eigenvalue weighted by Gasteiger charge is -2.13. The van der Waals surface area contributed by atoms with Crippen LogP contribution in [0.4, 0.5) is 0 Å². The van der Waals surface area contributed by atoms with E-state index in [4.69, 9.17) is 4.74 Å². The topological polar surface area (TPSA) is 21.3 Å². The molecular weight excluding hydrogens is 266 g/mol. The van der Waals surface area contributed by atoms with E-state index in [0.29, 0.717) is 12.6 Å². The zero-order valence-corrected chi connectivity index (χ0v) is 11.2. The number of hydrogen-bond donors (Lipinski definition) is 1. The van der Waals surface area contributed by atoms with Crippen molar-refractivity contribution >= 4 is 15.9 Å². The van der Waals surface area contributed by atoms with E-state index >= 15 is 0 Å². The maximum atomic E-state index is 5.05. The summed E-state index contributed by atoms with van der Waals surface area (Å²) >= 11 is 3.43. The predicted octanol–water partition coefficient (Wildman–Crippen LogP) is 3.13. The monoisotopic (exact) mass is 283 g/mol. The molecule has 1 atom stereocenters. The third-order valence-electron chi connectivity index (χ3n) is 2.29. The van der Waals surface area contributed by atoms with Crippen LogP contribution in [-0.4, -0.2) is 19.2 Å². The fourth-order valence-electron chi connectivity index (χ4n) is 1.49. The van der Waals surface area contributed by atoms with E-state index in [-0.39, 0.29) is 0 Å². The maximum Gasteiger partial charge on any atom is 0.0997 e. The van der Waals surface area contributed by atoms with Gasteiger partial charge in [-0.1, -0.05) is 34.6 Å². The van der Waals surface area contributed by atoms with Crippen LogP contribution in [0.15, 0.2) is 41.6 Å². The minimum atomic E-state index is 0.453. The fraction of sp³-hybridized carbons (Fsp3) is 0.385. The van der Waals surface area contributed by atoms with E-state index < -0.39 is 0 Å². The number of benzene rings is 1. The molecule has 1 rings (SSSR count). The second-order valence-corrected chi connectivity index (χ2v) is 4.64. The van der Waals surface area contributed by atoms with Crippen molar-refractivity contribution in [3.8, 4) is 0 Å². The number of hydrogen-bond acceptors (Lipinski definition) is 2. The van der Waals surface area contributed by atoms with Crippen LogP contribution < -0.4 is 5.32 Å². The standard InChI is InChI=1S/C13H18BrNO/c1-3-16-9-8-15-11(2)10-12-4-6-13(14)7-5-12/h3-7,11,15H,1,8-10H2,2H3. The van der Waals surface area contributed by atoms with Gasteiger partial charge in [0.2, 0.25) is 0 Å². The Morgan fingerprint density at radius 2 is 2.12 bits per heavy atom. The van der Waals surface area contributed by atoms with Crippen LogP contribution >= 0.6 is 15.9 Å². The maximum absolute atomic E-state index is 5.05. The predicted molar refractivity (Wildman–Crippen MR) is 71.5 cm³/mol. The molecule has 0 spiro atoms. The van der Waals surface area contributed by atoms with Gasteiger partial charge in [0.15, 0.2) is 0 Å². The highest BCUT2D eigenvalue weighted by Crippen LogP contribution is 2.11. The van der Waals surface area contributed by atoms with Crippen molar-refractivity contribution < 1.29 is 4.74 Å². The lowest BCUT2D eigenvalue weighted by atomic mass is 10.1. The van der Waals surface area contributed by atoms with Gasteiger partial charge in [-0.3, -0.25) is 0 Å². The summed E-state index contributed by atoms with van der Waals surface area (Å²) in [6, 6.07) is 8.88. The van der Waals surface area contributed by atoms with Crippen molar-refractivity contribution in [2.45, 2.75) is 19.4 Å². The molecule has 0 radical (unpaired) electrons. The summed E-state index contributed by atoms with van der Waals surface area (Å²) in [6.45, 7) is 7.20. The zero-order chi connectivity index (χ0) is 11.8. The Balaban J connectivity index is 2.25. The van der Waals surface area contributed by atoms with Crippen LogP contribution in [0.1, 0.15) is 12.5 Å². The molecule has 0 aromatic heterocycles. The quantitative estimate of drug-likeness (QED) is 0.613. The summed E-state index contributed by atoms with van der Waals surface area (Å²) in [5.74, 6) is 0. The van der Waals surface area contributed by atoms with Gasteiger partial charge < -0.3 is 10.1 Å². The first-order chi connectivity index (χ1) is 7.72. The van der Waals surface area contributed by atoms with E-state index in [1.165, 1.54) is 11.8 Å². The number of ether oxygens (including phenoxy) is 1. The van der Waals surface area contributed by atoms with E-state index in [2.05, 4.69) is 59.0 Å². The molecule has 0 bridgehead atoms. The molecule has 0 aliphatic carbocycles. The minimum Gasteiger partial charge on any atom is -0.500 e. The van der Waals surface area contributed by atoms with Crippen molar-refractivity contribution in [3.63, 3.8) is 0 Å². The summed E-state index contributed by atoms with van der Waals surface area (Å²) in [6.07, 6.45) is 2.50. The van der Waals surface area contributed by atoms with Gasteiger partial charge >= 0.3 is 0 Å². The lowest BCUT2D eigenvalue weighted by Crippen LogP contribution is -2.30. The molecule has 0 fully saturated rings. The van der Waals surface area contributed by atoms with Crippen molar-refractivity contribution in [2.24, 2.45) is 0 Å². The Morgan fingerprint density at radius 1 is 1.44 bits per heavy atom. The van der Waals surface area contributed by atoms with Crippen LogP contribution in [-0.2, 0) is 11.2 Å². The van der Waals surface area contributed by atoms with Gasteiger partial charge in [0.1, 0.15) is 0 Å². The van der Waals surface area contributed by atoms with Crippen molar-refractivity contribution in [1.82, 2.24) is 5.32 Å². The third kappa shape index (κ3) is 5.33. The number of nitrogens with one attached hydrogen (secondary N) is 1. The SMILES string of the molecule is C=COCCNC(C)Cc1ccc(Br)cc1. The molecule has 2 nitrogen and oxygen atoms in total. The number of rotatable bonds is 7. The smallest absolute Gasteiger partial charge is 0.0997 e. The molecule has 3 heteroatoms. The molecule has 88 valence electrons. The Labute approximate surface area is 106 Å². The highest BCUT2D eigenvalue weighted by atomic mass is 79.9. The normalized spacial score (nSPS) is 12.1. The number of halogens is 1. The molecule has 0 amide bonds. The molecule has 0 saturated carbocycles. The van der Waals surface area contributed by atoms with Crippen molar-refractivity contribution in [3.05, 3.63) is 47.1 Å². The molecule has 0 aliphatic heterocycles. The van der Waals surface area contributed by atoms with Gasteiger partial charge in [-0.15, -0.1) is 0 Å². The second-order valence-electron chi connectivity index (χ2n) is 3.72. The molecule has 0 heterocycles. The summed E-state index contributed by atoms with van der Waals surface area (Å²) in [7, 11) is 0. The van der Waals surface area contributed by atoms with Gasteiger partial charge in [-0.05, 0) is 31.0 Å². The van der Waals surface area contributed by atoms with Crippen LogP contribution in [0.2, 0.25) is 0 Å². The summed E-state index contributed by atoms with van der Waals surface area (Å²) in [5.41, 5.74) is 1.34. The highest BCUT2D eigenvalue weighted by Gasteiger charge is 2.02. The Hall–Kier alpha value is -0.800. The zero-order valence-electron chi connectivity index (χ0n) is 9.58. The lowest BCUT2D eigenvalue weighted by molar-refractivity contribution is 0.245. The van der Waals surface area contributed by atoms with Gasteiger partial charge in [0, 0.05) is 17.1 Å². The van der Waals surface area contributed by atoms with Gasteiger partial charge in [-0.25, -0.2) is 0 Å². The first kappa shape index (κ1) is 13.3. The second kappa shape index (κ2) is 7.47. The molecule has 16 heavy (non-hydrogen) atoms. The van der Waals surface area contributed by atoms with Crippen LogP contribution in [0.5, 0.6) is 0 Å². The molecule has 0 aliphatic rings. The first-order valence-corrected chi connectivity index (χ1v) is 6.22. The molecule has 1 unspecified atom stereocenters. The summed E-state index contributed by atoms with van der Waals surface area (Å²) < 4.78 is 6.17. The Bertz CT molecular complexity index is 310. The molecule has 1 aromatic carbocycles. The molecule has 0 saturated heterocycles. The summed E-state index contributed by atoms with van der Waals surface area (Å²) in [4.78, 5) is 0. The van der Waals surface area contributed by atoms with Gasteiger partial charge in [0.25, 0.3) is 0 Å². The van der Waals surface area contributed by atoms with Gasteiger partial charge in [-0.2, -0.15) is 0 Å². The highest BCUT2D eigenvalue weighted by molar-refractivity contribution is 9.10. The molecule has 1 N–H and O–H groups in total.